The predicted molar refractivity (Wildman–Crippen MR) is 91.0 cm³/mol. The van der Waals surface area contributed by atoms with Gasteiger partial charge in [-0.05, 0) is 37.3 Å². The summed E-state index contributed by atoms with van der Waals surface area (Å²) in [6.07, 6.45) is 5.38. The van der Waals surface area contributed by atoms with Crippen LogP contribution in [0.3, 0.4) is 0 Å². The summed E-state index contributed by atoms with van der Waals surface area (Å²) < 4.78 is 5.66. The van der Waals surface area contributed by atoms with Crippen LogP contribution in [-0.4, -0.2) is 39.0 Å². The second-order valence-corrected chi connectivity index (χ2v) is 7.08. The molecule has 6 nitrogen and oxygen atoms in total. The molecule has 2 heterocycles. The summed E-state index contributed by atoms with van der Waals surface area (Å²) in [6.45, 7) is 0. The summed E-state index contributed by atoms with van der Waals surface area (Å²) >= 11 is 0. The molecule has 0 radical (unpaired) electrons. The SMILES string of the molecule is O=C(O)C1CC2CCCCC2N1C(=O)CCc1nc2ccccc2o1. The lowest BCUT2D eigenvalue weighted by molar-refractivity contribution is -0.149. The molecule has 3 unspecified atom stereocenters. The Hall–Kier alpha value is -2.37. The number of benzene rings is 1. The minimum atomic E-state index is -0.885. The predicted octanol–water partition coefficient (Wildman–Crippen LogP) is 3.00. The van der Waals surface area contributed by atoms with Gasteiger partial charge in [-0.3, -0.25) is 4.79 Å². The third-order valence-corrected chi connectivity index (χ3v) is 5.55. The summed E-state index contributed by atoms with van der Waals surface area (Å²) in [7, 11) is 0. The van der Waals surface area contributed by atoms with Crippen molar-refractivity contribution < 1.29 is 19.1 Å². The van der Waals surface area contributed by atoms with Crippen LogP contribution in [0.25, 0.3) is 11.1 Å². The number of nitrogens with zero attached hydrogens (tertiary/aromatic N) is 2. The monoisotopic (exact) mass is 342 g/mol. The first-order valence-corrected chi connectivity index (χ1v) is 9.02. The zero-order valence-corrected chi connectivity index (χ0v) is 14.1. The van der Waals surface area contributed by atoms with Gasteiger partial charge in [-0.25, -0.2) is 9.78 Å². The first-order chi connectivity index (χ1) is 12.1. The first-order valence-electron chi connectivity index (χ1n) is 9.02. The van der Waals surface area contributed by atoms with E-state index in [-0.39, 0.29) is 18.4 Å². The van der Waals surface area contributed by atoms with E-state index >= 15 is 0 Å². The lowest BCUT2D eigenvalue weighted by Gasteiger charge is -2.33. The molecule has 3 atom stereocenters. The van der Waals surface area contributed by atoms with Crippen LogP contribution in [0.4, 0.5) is 0 Å². The minimum absolute atomic E-state index is 0.0889. The number of rotatable bonds is 4. The molecule has 1 amide bonds. The van der Waals surface area contributed by atoms with Gasteiger partial charge in [0.25, 0.3) is 0 Å². The van der Waals surface area contributed by atoms with Crippen molar-refractivity contribution in [2.45, 2.75) is 57.0 Å². The van der Waals surface area contributed by atoms with Gasteiger partial charge in [-0.1, -0.05) is 25.0 Å². The van der Waals surface area contributed by atoms with Gasteiger partial charge in [-0.15, -0.1) is 0 Å². The van der Waals surface area contributed by atoms with E-state index in [0.29, 0.717) is 30.2 Å². The maximum absolute atomic E-state index is 12.8. The van der Waals surface area contributed by atoms with E-state index in [2.05, 4.69) is 4.98 Å². The number of fused-ring (bicyclic) bond motifs is 2. The summed E-state index contributed by atoms with van der Waals surface area (Å²) in [5.41, 5.74) is 1.49. The fraction of sp³-hybridized carbons (Fsp3) is 0.526. The zero-order valence-electron chi connectivity index (χ0n) is 14.1. The van der Waals surface area contributed by atoms with Crippen LogP contribution >= 0.6 is 0 Å². The third kappa shape index (κ3) is 3.01. The molecule has 6 heteroatoms. The van der Waals surface area contributed by atoms with E-state index in [4.69, 9.17) is 4.42 Å². The highest BCUT2D eigenvalue weighted by atomic mass is 16.4. The van der Waals surface area contributed by atoms with Crippen LogP contribution < -0.4 is 0 Å². The Balaban J connectivity index is 1.47. The molecule has 1 aromatic heterocycles. The van der Waals surface area contributed by atoms with Crippen molar-refractivity contribution in [3.8, 4) is 0 Å². The molecule has 1 aliphatic heterocycles. The molecule has 132 valence electrons. The van der Waals surface area contributed by atoms with Gasteiger partial charge in [0.2, 0.25) is 5.91 Å². The maximum atomic E-state index is 12.8. The molecule has 2 fully saturated rings. The molecular formula is C19H22N2O4. The fourth-order valence-corrected chi connectivity index (χ4v) is 4.41. The van der Waals surface area contributed by atoms with E-state index in [0.717, 1.165) is 31.2 Å². The fourth-order valence-electron chi connectivity index (χ4n) is 4.41. The molecule has 1 saturated carbocycles. The van der Waals surface area contributed by atoms with E-state index in [1.165, 1.54) is 0 Å². The second-order valence-electron chi connectivity index (χ2n) is 7.08. The standard InChI is InChI=1S/C19H22N2O4/c22-18(10-9-17-20-13-6-2-4-8-16(13)25-17)21-14-7-3-1-5-12(14)11-15(21)19(23)24/h2,4,6,8,12,14-15H,1,3,5,7,9-11H2,(H,23,24). The Morgan fingerprint density at radius 3 is 2.84 bits per heavy atom. The number of carboxylic acid groups (broad SMARTS) is 1. The quantitative estimate of drug-likeness (QED) is 0.923. The summed E-state index contributed by atoms with van der Waals surface area (Å²) in [4.78, 5) is 30.5. The molecular weight excluding hydrogens is 320 g/mol. The van der Waals surface area contributed by atoms with Gasteiger partial charge < -0.3 is 14.4 Å². The van der Waals surface area contributed by atoms with Gasteiger partial charge in [0, 0.05) is 18.9 Å². The Morgan fingerprint density at radius 2 is 2.04 bits per heavy atom. The van der Waals surface area contributed by atoms with E-state index in [9.17, 15) is 14.7 Å². The largest absolute Gasteiger partial charge is 0.480 e. The number of hydrogen-bond donors (Lipinski definition) is 1. The average Bonchev–Trinajstić information content (AvgIpc) is 3.20. The minimum Gasteiger partial charge on any atom is -0.480 e. The Labute approximate surface area is 145 Å². The number of carbonyl (C=O) groups is 2. The molecule has 2 aliphatic rings. The molecule has 1 saturated heterocycles. The zero-order chi connectivity index (χ0) is 17.4. The van der Waals surface area contributed by atoms with Crippen LogP contribution in [0.15, 0.2) is 28.7 Å². The van der Waals surface area contributed by atoms with Crippen molar-refractivity contribution in [1.82, 2.24) is 9.88 Å². The number of amides is 1. The molecule has 1 aliphatic carbocycles. The Bertz CT molecular complexity index is 767. The number of aryl methyl sites for hydroxylation is 1. The molecule has 1 N–H and O–H groups in total. The first kappa shape index (κ1) is 16.1. The number of para-hydroxylation sites is 2. The van der Waals surface area contributed by atoms with Gasteiger partial charge in [0.1, 0.15) is 11.6 Å². The van der Waals surface area contributed by atoms with Crippen LogP contribution in [0.1, 0.15) is 44.4 Å². The normalized spacial score (nSPS) is 25.9. The van der Waals surface area contributed by atoms with Gasteiger partial charge >= 0.3 is 5.97 Å². The highest BCUT2D eigenvalue weighted by Gasteiger charge is 2.47. The van der Waals surface area contributed by atoms with Crippen molar-refractivity contribution in [2.24, 2.45) is 5.92 Å². The van der Waals surface area contributed by atoms with Crippen LogP contribution in [-0.2, 0) is 16.0 Å². The lowest BCUT2D eigenvalue weighted by Crippen LogP contribution is -2.46. The second kappa shape index (κ2) is 6.50. The summed E-state index contributed by atoms with van der Waals surface area (Å²) in [6, 6.07) is 6.91. The summed E-state index contributed by atoms with van der Waals surface area (Å²) in [5, 5.41) is 9.54. The van der Waals surface area contributed by atoms with Crippen molar-refractivity contribution in [2.75, 3.05) is 0 Å². The molecule has 25 heavy (non-hydrogen) atoms. The van der Waals surface area contributed by atoms with Crippen LogP contribution in [0.2, 0.25) is 0 Å². The number of hydrogen-bond acceptors (Lipinski definition) is 4. The number of likely N-dealkylation sites (tertiary alicyclic amines) is 1. The highest BCUT2D eigenvalue weighted by molar-refractivity contribution is 5.85. The molecule has 1 aromatic carbocycles. The maximum Gasteiger partial charge on any atom is 0.326 e. The van der Waals surface area contributed by atoms with E-state index < -0.39 is 12.0 Å². The average molecular weight is 342 g/mol. The van der Waals surface area contributed by atoms with Crippen LogP contribution in [0, 0.1) is 5.92 Å². The Kier molecular flexibility index (Phi) is 4.19. The topological polar surface area (TPSA) is 83.6 Å². The van der Waals surface area contributed by atoms with Crippen molar-refractivity contribution in [3.05, 3.63) is 30.2 Å². The molecule has 0 spiro atoms. The number of aliphatic carboxylic acids is 1. The van der Waals surface area contributed by atoms with Crippen molar-refractivity contribution >= 4 is 23.0 Å². The molecule has 0 bridgehead atoms. The highest BCUT2D eigenvalue weighted by Crippen LogP contribution is 2.40. The third-order valence-electron chi connectivity index (χ3n) is 5.55. The number of oxazole rings is 1. The molecule has 2 aromatic rings. The van der Waals surface area contributed by atoms with Gasteiger partial charge in [-0.2, -0.15) is 0 Å². The molecule has 4 rings (SSSR count). The Morgan fingerprint density at radius 1 is 1.24 bits per heavy atom. The van der Waals surface area contributed by atoms with Gasteiger partial charge in [0.15, 0.2) is 11.5 Å². The lowest BCUT2D eigenvalue weighted by atomic mass is 9.84. The van der Waals surface area contributed by atoms with Crippen molar-refractivity contribution in [3.63, 3.8) is 0 Å². The number of aromatic nitrogens is 1. The van der Waals surface area contributed by atoms with Gasteiger partial charge in [0.05, 0.1) is 0 Å². The number of carboxylic acids is 1. The van der Waals surface area contributed by atoms with E-state index in [1.54, 1.807) is 4.90 Å². The summed E-state index contributed by atoms with van der Waals surface area (Å²) in [5.74, 6) is -0.113. The van der Waals surface area contributed by atoms with Crippen molar-refractivity contribution in [1.29, 1.82) is 0 Å². The van der Waals surface area contributed by atoms with E-state index in [1.807, 2.05) is 24.3 Å². The smallest absolute Gasteiger partial charge is 0.326 e. The van der Waals surface area contributed by atoms with Crippen LogP contribution in [0.5, 0.6) is 0 Å². The number of carbonyl (C=O) groups excluding carboxylic acids is 1.